The normalized spacial score (nSPS) is 10.7. The molecular weight excluding hydrogens is 304 g/mol. The summed E-state index contributed by atoms with van der Waals surface area (Å²) in [4.78, 5) is 22.9. The van der Waals surface area contributed by atoms with Crippen LogP contribution in [0.1, 0.15) is 87.1 Å². The highest BCUT2D eigenvalue weighted by atomic mass is 16.4. The minimum absolute atomic E-state index is 0.0135. The lowest BCUT2D eigenvalue weighted by atomic mass is 10.0. The van der Waals surface area contributed by atoms with Crippen molar-refractivity contribution in [2.24, 2.45) is 0 Å². The van der Waals surface area contributed by atoms with Crippen LogP contribution in [-0.4, -0.2) is 22.0 Å². The van der Waals surface area contributed by atoms with Gasteiger partial charge in [-0.25, -0.2) is 4.79 Å². The van der Waals surface area contributed by atoms with Crippen LogP contribution < -0.4 is 0 Å². The van der Waals surface area contributed by atoms with Gasteiger partial charge in [-0.2, -0.15) is 0 Å². The monoisotopic (exact) mass is 334 g/mol. The number of benzene rings is 1. The van der Waals surface area contributed by atoms with E-state index in [0.29, 0.717) is 12.0 Å². The van der Waals surface area contributed by atoms with Gasteiger partial charge in [0.25, 0.3) is 0 Å². The van der Waals surface area contributed by atoms with E-state index in [1.165, 1.54) is 63.1 Å². The average Bonchev–Trinajstić information content (AvgIpc) is 2.55. The number of hydrogen-bond donors (Lipinski definition) is 2. The Morgan fingerprint density at radius 1 is 0.917 bits per heavy atom. The van der Waals surface area contributed by atoms with Crippen LogP contribution >= 0.6 is 0 Å². The summed E-state index contributed by atoms with van der Waals surface area (Å²) in [5, 5.41) is 18.7. The number of ketones is 1. The Morgan fingerprint density at radius 3 is 2.08 bits per heavy atom. The van der Waals surface area contributed by atoms with Crippen molar-refractivity contribution in [2.45, 2.75) is 77.6 Å². The average molecular weight is 334 g/mol. The molecule has 0 bridgehead atoms. The lowest BCUT2D eigenvalue weighted by Crippen LogP contribution is -2.05. The van der Waals surface area contributed by atoms with Gasteiger partial charge < -0.3 is 10.2 Å². The second-order valence-corrected chi connectivity index (χ2v) is 6.44. The van der Waals surface area contributed by atoms with E-state index < -0.39 is 5.97 Å². The molecule has 1 rings (SSSR count). The second kappa shape index (κ2) is 11.7. The summed E-state index contributed by atoms with van der Waals surface area (Å²) in [6.45, 7) is 2.22. The number of rotatable bonds is 13. The maximum atomic E-state index is 12.0. The molecule has 0 atom stereocenters. The summed E-state index contributed by atoms with van der Waals surface area (Å²) in [5.41, 5.74) is 0.495. The number of aromatic hydroxyl groups is 1. The smallest absolute Gasteiger partial charge is 0.335 e. The van der Waals surface area contributed by atoms with Gasteiger partial charge in [0.1, 0.15) is 11.5 Å². The molecule has 24 heavy (non-hydrogen) atoms. The molecule has 134 valence electrons. The fraction of sp³-hybridized carbons (Fsp3) is 0.600. The van der Waals surface area contributed by atoms with Crippen molar-refractivity contribution >= 4 is 11.8 Å². The Labute approximate surface area is 144 Å². The number of phenols is 1. The third-order valence-electron chi connectivity index (χ3n) is 4.27. The van der Waals surface area contributed by atoms with Crippen LogP contribution in [0.4, 0.5) is 0 Å². The van der Waals surface area contributed by atoms with Gasteiger partial charge in [0.2, 0.25) is 0 Å². The van der Waals surface area contributed by atoms with Crippen molar-refractivity contribution in [3.8, 4) is 5.75 Å². The molecule has 0 fully saturated rings. The summed E-state index contributed by atoms with van der Waals surface area (Å²) in [6, 6.07) is 4.06. The molecule has 0 aliphatic rings. The van der Waals surface area contributed by atoms with Gasteiger partial charge in [0.15, 0.2) is 0 Å². The largest absolute Gasteiger partial charge is 0.508 e. The molecule has 0 radical (unpaired) electrons. The van der Waals surface area contributed by atoms with Crippen molar-refractivity contribution < 1.29 is 19.8 Å². The van der Waals surface area contributed by atoms with Crippen LogP contribution in [-0.2, 0) is 11.2 Å². The highest BCUT2D eigenvalue weighted by molar-refractivity contribution is 5.89. The van der Waals surface area contributed by atoms with Gasteiger partial charge in [0, 0.05) is 18.4 Å². The summed E-state index contributed by atoms with van der Waals surface area (Å²) in [7, 11) is 0. The molecule has 0 aliphatic carbocycles. The zero-order chi connectivity index (χ0) is 17.8. The quantitative estimate of drug-likeness (QED) is 0.491. The Morgan fingerprint density at radius 2 is 1.50 bits per heavy atom. The third-order valence-corrected chi connectivity index (χ3v) is 4.27. The molecule has 0 amide bonds. The predicted octanol–water partition coefficient (Wildman–Crippen LogP) is 5.12. The zero-order valence-corrected chi connectivity index (χ0v) is 14.7. The minimum Gasteiger partial charge on any atom is -0.508 e. The van der Waals surface area contributed by atoms with Crippen LogP contribution in [0, 0.1) is 0 Å². The van der Waals surface area contributed by atoms with Crippen molar-refractivity contribution in [3.63, 3.8) is 0 Å². The van der Waals surface area contributed by atoms with Crippen molar-refractivity contribution in [3.05, 3.63) is 29.3 Å². The van der Waals surface area contributed by atoms with E-state index in [1.54, 1.807) is 0 Å². The zero-order valence-electron chi connectivity index (χ0n) is 14.7. The third kappa shape index (κ3) is 8.14. The van der Waals surface area contributed by atoms with Crippen LogP contribution in [0.5, 0.6) is 5.75 Å². The van der Waals surface area contributed by atoms with E-state index in [-0.39, 0.29) is 23.5 Å². The van der Waals surface area contributed by atoms with Crippen molar-refractivity contribution in [1.82, 2.24) is 0 Å². The fourth-order valence-corrected chi connectivity index (χ4v) is 2.79. The lowest BCUT2D eigenvalue weighted by Gasteiger charge is -2.06. The maximum absolute atomic E-state index is 12.0. The summed E-state index contributed by atoms with van der Waals surface area (Å²) < 4.78 is 0. The Balaban J connectivity index is 2.20. The van der Waals surface area contributed by atoms with E-state index in [4.69, 9.17) is 5.11 Å². The number of carboxylic acid groups (broad SMARTS) is 1. The molecule has 0 unspecified atom stereocenters. The maximum Gasteiger partial charge on any atom is 0.335 e. The molecule has 0 saturated heterocycles. The number of carbonyl (C=O) groups excluding carboxylic acids is 1. The van der Waals surface area contributed by atoms with Gasteiger partial charge in [-0.15, -0.1) is 0 Å². The van der Waals surface area contributed by atoms with Crippen LogP contribution in [0.25, 0.3) is 0 Å². The molecule has 4 nitrogen and oxygen atoms in total. The standard InChI is InChI=1S/C20H30O4/c1-2-3-4-5-6-7-8-9-10-11-18(21)15-17-14-16(20(23)24)12-13-19(17)22/h12-14,22H,2-11,15H2,1H3,(H,23,24). The first kappa shape index (κ1) is 20.2. The number of aromatic carboxylic acids is 1. The van der Waals surface area contributed by atoms with Crippen molar-refractivity contribution in [1.29, 1.82) is 0 Å². The SMILES string of the molecule is CCCCCCCCCCCC(=O)Cc1cc(C(=O)O)ccc1O. The van der Waals surface area contributed by atoms with Gasteiger partial charge >= 0.3 is 5.97 Å². The highest BCUT2D eigenvalue weighted by Gasteiger charge is 2.11. The van der Waals surface area contributed by atoms with Crippen LogP contribution in [0.2, 0.25) is 0 Å². The number of hydrogen-bond acceptors (Lipinski definition) is 3. The number of phenolic OH excluding ortho intramolecular Hbond substituents is 1. The molecule has 0 saturated carbocycles. The van der Waals surface area contributed by atoms with E-state index in [2.05, 4.69) is 6.92 Å². The molecule has 0 heterocycles. The molecule has 0 aliphatic heterocycles. The summed E-state index contributed by atoms with van der Waals surface area (Å²) in [6.07, 6.45) is 11.4. The number of Topliss-reactive ketones (excluding diaryl/α,β-unsaturated/α-hetero) is 1. The first-order valence-corrected chi connectivity index (χ1v) is 9.11. The summed E-state index contributed by atoms with van der Waals surface area (Å²) in [5.74, 6) is -1.01. The minimum atomic E-state index is -1.05. The number of carbonyl (C=O) groups is 2. The first-order chi connectivity index (χ1) is 11.5. The Hall–Kier alpha value is -1.84. The van der Waals surface area contributed by atoms with E-state index in [1.807, 2.05) is 0 Å². The Bertz CT molecular complexity index is 522. The molecule has 0 spiro atoms. The molecule has 1 aromatic carbocycles. The van der Waals surface area contributed by atoms with Gasteiger partial charge in [-0.1, -0.05) is 58.3 Å². The van der Waals surface area contributed by atoms with Crippen molar-refractivity contribution in [2.75, 3.05) is 0 Å². The second-order valence-electron chi connectivity index (χ2n) is 6.44. The molecule has 4 heteroatoms. The predicted molar refractivity (Wildman–Crippen MR) is 95.6 cm³/mol. The topological polar surface area (TPSA) is 74.6 Å². The van der Waals surface area contributed by atoms with E-state index >= 15 is 0 Å². The number of unbranched alkanes of at least 4 members (excludes halogenated alkanes) is 8. The molecular formula is C20H30O4. The van der Waals surface area contributed by atoms with Gasteiger partial charge in [0.05, 0.1) is 5.56 Å². The molecule has 2 N–H and O–H groups in total. The Kier molecular flexibility index (Phi) is 9.81. The van der Waals surface area contributed by atoms with Crippen LogP contribution in [0.15, 0.2) is 18.2 Å². The van der Waals surface area contributed by atoms with Crippen LogP contribution in [0.3, 0.4) is 0 Å². The van der Waals surface area contributed by atoms with Gasteiger partial charge in [-0.3, -0.25) is 4.79 Å². The highest BCUT2D eigenvalue weighted by Crippen LogP contribution is 2.20. The number of carboxylic acids is 1. The first-order valence-electron chi connectivity index (χ1n) is 9.11. The molecule has 1 aromatic rings. The summed E-state index contributed by atoms with van der Waals surface area (Å²) >= 11 is 0. The fourth-order valence-electron chi connectivity index (χ4n) is 2.79. The molecule has 0 aromatic heterocycles. The van der Waals surface area contributed by atoms with E-state index in [9.17, 15) is 14.7 Å². The van der Waals surface area contributed by atoms with Gasteiger partial charge in [-0.05, 0) is 24.6 Å². The lowest BCUT2D eigenvalue weighted by molar-refractivity contribution is -0.118. The van der Waals surface area contributed by atoms with E-state index in [0.717, 1.165) is 12.8 Å².